The average molecular weight is 218 g/mol. The third kappa shape index (κ3) is 2.46. The first-order valence-corrected chi connectivity index (χ1v) is 6.42. The molecule has 0 fully saturated rings. The minimum absolute atomic E-state index is 0.300. The molecule has 1 N–H and O–H groups in total. The van der Waals surface area contributed by atoms with E-state index in [1.807, 2.05) is 0 Å². The predicted octanol–water partition coefficient (Wildman–Crippen LogP) is 2.98. The number of rotatable bonds is 4. The van der Waals surface area contributed by atoms with Gasteiger partial charge in [-0.25, -0.2) is 0 Å². The summed E-state index contributed by atoms with van der Waals surface area (Å²) in [6.45, 7) is 4.68. The highest BCUT2D eigenvalue weighted by molar-refractivity contribution is 5.35. The Kier molecular flexibility index (Phi) is 3.65. The van der Waals surface area contributed by atoms with Crippen molar-refractivity contribution in [2.24, 2.45) is 11.8 Å². The summed E-state index contributed by atoms with van der Waals surface area (Å²) in [5.74, 6) is 0.956. The highest BCUT2D eigenvalue weighted by Crippen LogP contribution is 2.25. The Balaban J connectivity index is 2.10. The SMILES string of the molecule is CC(C)C(CO)Cc1ccc2c(c1)CCC2. The summed E-state index contributed by atoms with van der Waals surface area (Å²) in [5, 5.41) is 9.35. The molecule has 0 bridgehead atoms. The fourth-order valence-electron chi connectivity index (χ4n) is 2.57. The van der Waals surface area contributed by atoms with Gasteiger partial charge in [0.2, 0.25) is 0 Å². The maximum atomic E-state index is 9.35. The molecule has 0 saturated heterocycles. The van der Waals surface area contributed by atoms with Crippen LogP contribution in [0.2, 0.25) is 0 Å². The molecule has 0 amide bonds. The van der Waals surface area contributed by atoms with Gasteiger partial charge in [0.05, 0.1) is 0 Å². The van der Waals surface area contributed by atoms with Crippen molar-refractivity contribution >= 4 is 0 Å². The van der Waals surface area contributed by atoms with Crippen LogP contribution in [-0.4, -0.2) is 11.7 Å². The summed E-state index contributed by atoms with van der Waals surface area (Å²) in [6.07, 6.45) is 4.83. The molecule has 0 aliphatic heterocycles. The van der Waals surface area contributed by atoms with Gasteiger partial charge in [-0.3, -0.25) is 0 Å². The zero-order valence-electron chi connectivity index (χ0n) is 10.4. The fraction of sp³-hybridized carbons (Fsp3) is 0.600. The number of fused-ring (bicyclic) bond motifs is 1. The Morgan fingerprint density at radius 1 is 1.19 bits per heavy atom. The molecular formula is C15H22O. The van der Waals surface area contributed by atoms with Crippen LogP contribution in [0.3, 0.4) is 0 Å². The van der Waals surface area contributed by atoms with E-state index in [9.17, 15) is 5.11 Å². The van der Waals surface area contributed by atoms with Crippen molar-refractivity contribution in [1.82, 2.24) is 0 Å². The molecular weight excluding hydrogens is 196 g/mol. The first kappa shape index (κ1) is 11.7. The molecule has 2 rings (SSSR count). The molecule has 0 saturated carbocycles. The van der Waals surface area contributed by atoms with Crippen LogP contribution in [0, 0.1) is 11.8 Å². The van der Waals surface area contributed by atoms with Crippen LogP contribution in [0.5, 0.6) is 0 Å². The normalized spacial score (nSPS) is 16.5. The Morgan fingerprint density at radius 3 is 2.62 bits per heavy atom. The van der Waals surface area contributed by atoms with E-state index in [2.05, 4.69) is 32.0 Å². The third-order valence-electron chi connectivity index (χ3n) is 3.84. The number of aliphatic hydroxyl groups is 1. The van der Waals surface area contributed by atoms with Crippen molar-refractivity contribution in [1.29, 1.82) is 0 Å². The fourth-order valence-corrected chi connectivity index (χ4v) is 2.57. The molecule has 1 aromatic carbocycles. The number of hydrogen-bond donors (Lipinski definition) is 1. The lowest BCUT2D eigenvalue weighted by Crippen LogP contribution is -2.16. The molecule has 1 aromatic rings. The summed E-state index contributed by atoms with van der Waals surface area (Å²) in [4.78, 5) is 0. The first-order chi connectivity index (χ1) is 7.70. The van der Waals surface area contributed by atoms with Gasteiger partial charge >= 0.3 is 0 Å². The van der Waals surface area contributed by atoms with Crippen LogP contribution in [0.15, 0.2) is 18.2 Å². The van der Waals surface area contributed by atoms with E-state index in [-0.39, 0.29) is 0 Å². The average Bonchev–Trinajstić information content (AvgIpc) is 2.72. The van der Waals surface area contributed by atoms with E-state index in [0.717, 1.165) is 6.42 Å². The molecule has 0 heterocycles. The van der Waals surface area contributed by atoms with Crippen molar-refractivity contribution in [2.75, 3.05) is 6.61 Å². The third-order valence-corrected chi connectivity index (χ3v) is 3.84. The molecule has 1 nitrogen and oxygen atoms in total. The number of benzene rings is 1. The standard InChI is InChI=1S/C15H22O/c1-11(2)15(10-16)9-12-6-7-13-4-3-5-14(13)8-12/h6-8,11,15-16H,3-5,9-10H2,1-2H3. The van der Waals surface area contributed by atoms with E-state index >= 15 is 0 Å². The van der Waals surface area contributed by atoms with Gasteiger partial charge in [-0.15, -0.1) is 0 Å². The maximum absolute atomic E-state index is 9.35. The van der Waals surface area contributed by atoms with Crippen molar-refractivity contribution in [3.8, 4) is 0 Å². The van der Waals surface area contributed by atoms with Crippen LogP contribution in [-0.2, 0) is 19.3 Å². The van der Waals surface area contributed by atoms with Crippen LogP contribution >= 0.6 is 0 Å². The maximum Gasteiger partial charge on any atom is 0.0464 e. The quantitative estimate of drug-likeness (QED) is 0.823. The van der Waals surface area contributed by atoms with Gasteiger partial charge in [-0.2, -0.15) is 0 Å². The highest BCUT2D eigenvalue weighted by atomic mass is 16.3. The second-order valence-corrected chi connectivity index (χ2v) is 5.35. The summed E-state index contributed by atoms with van der Waals surface area (Å²) in [5.41, 5.74) is 4.47. The lowest BCUT2D eigenvalue weighted by molar-refractivity contribution is 0.189. The van der Waals surface area contributed by atoms with Crippen molar-refractivity contribution in [2.45, 2.75) is 39.5 Å². The summed E-state index contributed by atoms with van der Waals surface area (Å²) < 4.78 is 0. The highest BCUT2D eigenvalue weighted by Gasteiger charge is 2.15. The molecule has 1 atom stereocenters. The number of aryl methyl sites for hydroxylation is 2. The van der Waals surface area contributed by atoms with Gasteiger partial charge in [0.1, 0.15) is 0 Å². The molecule has 0 spiro atoms. The topological polar surface area (TPSA) is 20.2 Å². The monoisotopic (exact) mass is 218 g/mol. The van der Waals surface area contributed by atoms with Crippen molar-refractivity contribution in [3.63, 3.8) is 0 Å². The largest absolute Gasteiger partial charge is 0.396 e. The molecule has 88 valence electrons. The minimum Gasteiger partial charge on any atom is -0.396 e. The molecule has 0 aromatic heterocycles. The number of hydrogen-bond acceptors (Lipinski definition) is 1. The van der Waals surface area contributed by atoms with E-state index in [0.29, 0.717) is 18.4 Å². The van der Waals surface area contributed by atoms with E-state index in [1.165, 1.54) is 36.0 Å². The van der Waals surface area contributed by atoms with Gasteiger partial charge in [0.25, 0.3) is 0 Å². The Hall–Kier alpha value is -0.820. The molecule has 1 unspecified atom stereocenters. The van der Waals surface area contributed by atoms with Gasteiger partial charge in [0.15, 0.2) is 0 Å². The Morgan fingerprint density at radius 2 is 1.94 bits per heavy atom. The zero-order valence-corrected chi connectivity index (χ0v) is 10.4. The molecule has 0 radical (unpaired) electrons. The van der Waals surface area contributed by atoms with Gasteiger partial charge < -0.3 is 5.11 Å². The van der Waals surface area contributed by atoms with Gasteiger partial charge in [-0.05, 0) is 54.2 Å². The molecule has 1 heteroatoms. The van der Waals surface area contributed by atoms with Crippen LogP contribution in [0.25, 0.3) is 0 Å². The zero-order chi connectivity index (χ0) is 11.5. The van der Waals surface area contributed by atoms with Crippen LogP contribution < -0.4 is 0 Å². The first-order valence-electron chi connectivity index (χ1n) is 6.42. The lowest BCUT2D eigenvalue weighted by Gasteiger charge is -2.18. The van der Waals surface area contributed by atoms with Gasteiger partial charge in [0, 0.05) is 6.61 Å². The second kappa shape index (κ2) is 5.01. The van der Waals surface area contributed by atoms with E-state index < -0.39 is 0 Å². The smallest absolute Gasteiger partial charge is 0.0464 e. The lowest BCUT2D eigenvalue weighted by atomic mass is 9.89. The van der Waals surface area contributed by atoms with Crippen LogP contribution in [0.4, 0.5) is 0 Å². The summed E-state index contributed by atoms with van der Waals surface area (Å²) >= 11 is 0. The number of aliphatic hydroxyl groups excluding tert-OH is 1. The van der Waals surface area contributed by atoms with Crippen molar-refractivity contribution < 1.29 is 5.11 Å². The molecule has 1 aliphatic rings. The molecule has 1 aliphatic carbocycles. The van der Waals surface area contributed by atoms with Crippen molar-refractivity contribution in [3.05, 3.63) is 34.9 Å². The second-order valence-electron chi connectivity index (χ2n) is 5.35. The minimum atomic E-state index is 0.300. The summed E-state index contributed by atoms with van der Waals surface area (Å²) in [6, 6.07) is 6.88. The molecule has 16 heavy (non-hydrogen) atoms. The summed E-state index contributed by atoms with van der Waals surface area (Å²) in [7, 11) is 0. The predicted molar refractivity (Wildman–Crippen MR) is 67.6 cm³/mol. The van der Waals surface area contributed by atoms with Gasteiger partial charge in [-0.1, -0.05) is 32.0 Å². The Labute approximate surface area is 98.5 Å². The van der Waals surface area contributed by atoms with Crippen LogP contribution in [0.1, 0.15) is 37.0 Å². The van der Waals surface area contributed by atoms with E-state index in [4.69, 9.17) is 0 Å². The Bertz CT molecular complexity index is 354. The van der Waals surface area contributed by atoms with E-state index in [1.54, 1.807) is 0 Å².